The molecule has 1 rings (SSSR count). The minimum absolute atomic E-state index is 0.289. The van der Waals surface area contributed by atoms with Crippen LogP contribution in [0.25, 0.3) is 0 Å². The van der Waals surface area contributed by atoms with Gasteiger partial charge in [-0.3, -0.25) is 0 Å². The largest absolute Gasteiger partial charge is 0.353 e. The Morgan fingerprint density at radius 3 is 2.00 bits per heavy atom. The number of hydrogen-bond donors (Lipinski definition) is 0. The molecule has 0 aromatic heterocycles. The molecule has 0 bridgehead atoms. The van der Waals surface area contributed by atoms with Crippen LogP contribution in [0.1, 0.15) is 19.8 Å². The van der Waals surface area contributed by atoms with Gasteiger partial charge in [-0.25, -0.2) is 0 Å². The van der Waals surface area contributed by atoms with Gasteiger partial charge in [-0.05, 0) is 5.41 Å². The molecule has 0 aromatic rings. The van der Waals surface area contributed by atoms with E-state index >= 15 is 0 Å². The maximum atomic E-state index is 5.28. The first kappa shape index (κ1) is 9.49. The molecule has 3 heteroatoms. The average Bonchev–Trinajstić information content (AvgIpc) is 1.98. The van der Waals surface area contributed by atoms with E-state index in [-0.39, 0.29) is 5.79 Å². The van der Waals surface area contributed by atoms with Crippen molar-refractivity contribution < 1.29 is 9.47 Å². The van der Waals surface area contributed by atoms with Gasteiger partial charge in [0, 0.05) is 32.4 Å². The van der Waals surface area contributed by atoms with Gasteiger partial charge in [-0.15, -0.1) is 0 Å². The van der Waals surface area contributed by atoms with Crippen LogP contribution in [0.2, 0.25) is 0 Å². The lowest BCUT2D eigenvalue weighted by molar-refractivity contribution is -0.288. The number of halogens is 1. The van der Waals surface area contributed by atoms with Crippen LogP contribution in [0.5, 0.6) is 0 Å². The van der Waals surface area contributed by atoms with Gasteiger partial charge in [-0.1, -0.05) is 22.9 Å². The molecule has 0 atom stereocenters. The highest BCUT2D eigenvalue weighted by atomic mass is 79.9. The maximum absolute atomic E-state index is 5.28. The van der Waals surface area contributed by atoms with Gasteiger partial charge in [0.2, 0.25) is 0 Å². The van der Waals surface area contributed by atoms with Crippen LogP contribution >= 0.6 is 15.9 Å². The fraction of sp³-hybridized carbons (Fsp3) is 1.00. The summed E-state index contributed by atoms with van der Waals surface area (Å²) >= 11 is 3.48. The van der Waals surface area contributed by atoms with E-state index in [1.54, 1.807) is 14.2 Å². The highest BCUT2D eigenvalue weighted by Gasteiger charge is 2.52. The summed E-state index contributed by atoms with van der Waals surface area (Å²) in [4.78, 5) is 0. The number of hydrogen-bond acceptors (Lipinski definition) is 2. The fourth-order valence-electron chi connectivity index (χ4n) is 1.72. The van der Waals surface area contributed by atoms with Gasteiger partial charge >= 0.3 is 0 Å². The molecule has 66 valence electrons. The Morgan fingerprint density at radius 2 is 1.73 bits per heavy atom. The molecule has 0 heterocycles. The Balaban J connectivity index is 2.47. The van der Waals surface area contributed by atoms with Crippen molar-refractivity contribution in [2.24, 2.45) is 5.41 Å². The highest BCUT2D eigenvalue weighted by molar-refractivity contribution is 9.09. The lowest BCUT2D eigenvalue weighted by atomic mass is 9.67. The Hall–Kier alpha value is 0.400. The molecule has 11 heavy (non-hydrogen) atoms. The number of rotatable bonds is 3. The van der Waals surface area contributed by atoms with Gasteiger partial charge in [0.15, 0.2) is 5.79 Å². The lowest BCUT2D eigenvalue weighted by Gasteiger charge is -2.51. The molecule has 0 amide bonds. The molecule has 0 aliphatic heterocycles. The molecular formula is C8H15BrO2. The zero-order chi connectivity index (χ0) is 8.54. The SMILES string of the molecule is COC1(OC)CC(C)(CBr)C1. The van der Waals surface area contributed by atoms with Crippen molar-refractivity contribution in [3.05, 3.63) is 0 Å². The molecule has 1 fully saturated rings. The summed E-state index contributed by atoms with van der Waals surface area (Å²) in [5.74, 6) is -0.289. The first-order valence-corrected chi connectivity index (χ1v) is 4.88. The second kappa shape index (κ2) is 3.04. The molecule has 0 saturated heterocycles. The lowest BCUT2D eigenvalue weighted by Crippen LogP contribution is -2.53. The third-order valence-electron chi connectivity index (χ3n) is 2.46. The van der Waals surface area contributed by atoms with E-state index < -0.39 is 0 Å². The minimum atomic E-state index is -0.289. The normalized spacial score (nSPS) is 26.2. The molecular weight excluding hydrogens is 208 g/mol. The Labute approximate surface area is 76.4 Å². The van der Waals surface area contributed by atoms with Gasteiger partial charge < -0.3 is 9.47 Å². The Bertz CT molecular complexity index is 135. The summed E-state index contributed by atoms with van der Waals surface area (Å²) in [7, 11) is 3.41. The van der Waals surface area contributed by atoms with Crippen molar-refractivity contribution in [3.63, 3.8) is 0 Å². The smallest absolute Gasteiger partial charge is 0.168 e. The number of alkyl halides is 1. The predicted molar refractivity (Wildman–Crippen MR) is 47.9 cm³/mol. The number of methoxy groups -OCH3 is 2. The van der Waals surface area contributed by atoms with Crippen LogP contribution in [0.4, 0.5) is 0 Å². The first-order chi connectivity index (χ1) is 5.10. The van der Waals surface area contributed by atoms with E-state index in [9.17, 15) is 0 Å². The Morgan fingerprint density at radius 1 is 1.27 bits per heavy atom. The molecule has 0 spiro atoms. The zero-order valence-corrected chi connectivity index (χ0v) is 8.90. The third kappa shape index (κ3) is 1.60. The zero-order valence-electron chi connectivity index (χ0n) is 7.32. The summed E-state index contributed by atoms with van der Waals surface area (Å²) in [5.41, 5.74) is 0.367. The molecule has 2 nitrogen and oxygen atoms in total. The monoisotopic (exact) mass is 222 g/mol. The molecule has 1 aliphatic rings. The molecule has 1 saturated carbocycles. The summed E-state index contributed by atoms with van der Waals surface area (Å²) in [6.45, 7) is 2.23. The van der Waals surface area contributed by atoms with Crippen LogP contribution in [-0.2, 0) is 9.47 Å². The highest BCUT2D eigenvalue weighted by Crippen LogP contribution is 2.51. The van der Waals surface area contributed by atoms with Gasteiger partial charge in [0.05, 0.1) is 0 Å². The topological polar surface area (TPSA) is 18.5 Å². The van der Waals surface area contributed by atoms with Crippen molar-refractivity contribution in [1.82, 2.24) is 0 Å². The molecule has 1 aliphatic carbocycles. The summed E-state index contributed by atoms with van der Waals surface area (Å²) in [6.07, 6.45) is 1.97. The average molecular weight is 223 g/mol. The van der Waals surface area contributed by atoms with E-state index in [1.807, 2.05) is 0 Å². The number of ether oxygens (including phenoxy) is 2. The van der Waals surface area contributed by atoms with Crippen molar-refractivity contribution in [1.29, 1.82) is 0 Å². The van der Waals surface area contributed by atoms with Crippen molar-refractivity contribution in [3.8, 4) is 0 Å². The summed E-state index contributed by atoms with van der Waals surface area (Å²) in [5, 5.41) is 1.02. The molecule has 0 N–H and O–H groups in total. The third-order valence-corrected chi connectivity index (χ3v) is 3.81. The van der Waals surface area contributed by atoms with E-state index in [1.165, 1.54) is 0 Å². The quantitative estimate of drug-likeness (QED) is 0.539. The van der Waals surface area contributed by atoms with Crippen LogP contribution < -0.4 is 0 Å². The summed E-state index contributed by atoms with van der Waals surface area (Å²) in [6, 6.07) is 0. The van der Waals surface area contributed by atoms with Crippen LogP contribution in [0.15, 0.2) is 0 Å². The fourth-order valence-corrected chi connectivity index (χ4v) is 2.11. The standard InChI is InChI=1S/C8H15BrO2/c1-7(6-9)4-8(5-7,10-2)11-3/h4-6H2,1-3H3. The van der Waals surface area contributed by atoms with Gasteiger partial charge in [-0.2, -0.15) is 0 Å². The second-order valence-corrected chi connectivity index (χ2v) is 4.18. The van der Waals surface area contributed by atoms with Crippen LogP contribution in [0.3, 0.4) is 0 Å². The summed E-state index contributed by atoms with van der Waals surface area (Å²) < 4.78 is 10.6. The van der Waals surface area contributed by atoms with Crippen molar-refractivity contribution >= 4 is 15.9 Å². The van der Waals surface area contributed by atoms with Gasteiger partial charge in [0.25, 0.3) is 0 Å². The molecule has 0 radical (unpaired) electrons. The second-order valence-electron chi connectivity index (χ2n) is 3.62. The minimum Gasteiger partial charge on any atom is -0.353 e. The van der Waals surface area contributed by atoms with E-state index in [0.717, 1.165) is 18.2 Å². The maximum Gasteiger partial charge on any atom is 0.168 e. The van der Waals surface area contributed by atoms with Crippen molar-refractivity contribution in [2.75, 3.05) is 19.5 Å². The molecule has 0 aromatic carbocycles. The van der Waals surface area contributed by atoms with E-state index in [2.05, 4.69) is 22.9 Å². The predicted octanol–water partition coefficient (Wildman–Crippen LogP) is 2.17. The first-order valence-electron chi connectivity index (χ1n) is 3.76. The van der Waals surface area contributed by atoms with Crippen molar-refractivity contribution in [2.45, 2.75) is 25.6 Å². The van der Waals surface area contributed by atoms with E-state index in [4.69, 9.17) is 9.47 Å². The van der Waals surface area contributed by atoms with Gasteiger partial charge in [0.1, 0.15) is 0 Å². The molecule has 0 unspecified atom stereocenters. The Kier molecular flexibility index (Phi) is 2.62. The van der Waals surface area contributed by atoms with Crippen LogP contribution in [-0.4, -0.2) is 25.3 Å². The van der Waals surface area contributed by atoms with Crippen LogP contribution in [0, 0.1) is 5.41 Å². The van der Waals surface area contributed by atoms with E-state index in [0.29, 0.717) is 5.41 Å².